The Morgan fingerprint density at radius 1 is 0.444 bits per heavy atom. The monoisotopic (exact) mass is 971 g/mol. The third-order valence-electron chi connectivity index (χ3n) is 11.6. The van der Waals surface area contributed by atoms with E-state index in [2.05, 4.69) is 38.3 Å². The van der Waals surface area contributed by atoms with E-state index < -0.39 is 41.0 Å². The van der Waals surface area contributed by atoms with Gasteiger partial charge < -0.3 is 41.2 Å². The van der Waals surface area contributed by atoms with Gasteiger partial charge in [0.15, 0.2) is 0 Å². The fourth-order valence-corrected chi connectivity index (χ4v) is 7.47. The summed E-state index contributed by atoms with van der Waals surface area (Å²) < 4.78 is 11.8. The van der Waals surface area contributed by atoms with E-state index in [1.807, 2.05) is 74.5 Å². The normalized spacial score (nSPS) is 10.8. The van der Waals surface area contributed by atoms with Crippen LogP contribution in [0.3, 0.4) is 0 Å². The van der Waals surface area contributed by atoms with E-state index in [1.165, 1.54) is 42.5 Å². The van der Waals surface area contributed by atoms with Crippen LogP contribution in [0.15, 0.2) is 158 Å². The molecule has 0 aromatic heterocycles. The standard InChI is InChI=1S/C40H36N2O8.C17H17NO3.CH4/c1-23(2)24-6-5-7-27(20-24)42-37(44)33-19-17-31(22-35(33)39(47)48)50-29-14-10-26(11-15-29)40(3,4)25-8-12-28(13-9-25)49-30-16-18-32(36(41)43)34(21-30)38(45)46;1-11(2)12-6-5-7-13(10-12)18-16(19)14-8-3-4-9-15(14)17(20)21;/h5-23H,1-4H3,(H2,41,43)(H,42,44)(H,45,46)(H,47,48);3-11H,1-2H3,(H,18,19)(H,20,21);1H4. The highest BCUT2D eigenvalue weighted by atomic mass is 16.5. The average Bonchev–Trinajstić information content (AvgIpc) is 3.34. The molecular weight excluding hydrogens is 915 g/mol. The number of benzene rings is 7. The summed E-state index contributed by atoms with van der Waals surface area (Å²) in [6.45, 7) is 12.4. The van der Waals surface area contributed by atoms with Crippen LogP contribution in [0.4, 0.5) is 11.4 Å². The van der Waals surface area contributed by atoms with Crippen molar-refractivity contribution in [3.8, 4) is 23.0 Å². The van der Waals surface area contributed by atoms with Gasteiger partial charge in [-0.3, -0.25) is 14.4 Å². The predicted octanol–water partition coefficient (Wildman–Crippen LogP) is 12.9. The minimum absolute atomic E-state index is 0. The Kier molecular flexibility index (Phi) is 17.6. The number of hydrogen-bond donors (Lipinski definition) is 6. The molecular formula is C58H57N3O11. The second-order valence-corrected chi connectivity index (χ2v) is 17.6. The smallest absolute Gasteiger partial charge is 0.336 e. The zero-order valence-corrected chi connectivity index (χ0v) is 39.9. The van der Waals surface area contributed by atoms with Gasteiger partial charge in [-0.1, -0.05) is 110 Å². The van der Waals surface area contributed by atoms with Crippen LogP contribution in [0.2, 0.25) is 0 Å². The van der Waals surface area contributed by atoms with Gasteiger partial charge in [0.2, 0.25) is 5.91 Å². The van der Waals surface area contributed by atoms with Gasteiger partial charge in [0.05, 0.1) is 33.4 Å². The molecule has 0 bridgehead atoms. The largest absolute Gasteiger partial charge is 0.478 e. The van der Waals surface area contributed by atoms with Crippen LogP contribution >= 0.6 is 0 Å². The van der Waals surface area contributed by atoms with Crippen LogP contribution in [-0.2, 0) is 5.41 Å². The molecule has 7 aromatic rings. The third-order valence-corrected chi connectivity index (χ3v) is 11.6. The zero-order valence-electron chi connectivity index (χ0n) is 39.9. The van der Waals surface area contributed by atoms with Crippen molar-refractivity contribution in [3.05, 3.63) is 213 Å². The summed E-state index contributed by atoms with van der Waals surface area (Å²) in [7, 11) is 0. The first kappa shape index (κ1) is 53.9. The average molecular weight is 972 g/mol. The lowest BCUT2D eigenvalue weighted by molar-refractivity contribution is 0.0683. The van der Waals surface area contributed by atoms with Crippen molar-refractivity contribution in [1.29, 1.82) is 0 Å². The van der Waals surface area contributed by atoms with E-state index in [-0.39, 0.29) is 58.2 Å². The zero-order chi connectivity index (χ0) is 51.6. The van der Waals surface area contributed by atoms with E-state index >= 15 is 0 Å². The van der Waals surface area contributed by atoms with Gasteiger partial charge >= 0.3 is 17.9 Å². The molecule has 0 radical (unpaired) electrons. The number of nitrogens with one attached hydrogen (secondary N) is 2. The van der Waals surface area contributed by atoms with E-state index in [9.17, 15) is 39.0 Å². The molecule has 0 aliphatic rings. The van der Waals surface area contributed by atoms with Crippen molar-refractivity contribution in [2.24, 2.45) is 5.73 Å². The molecule has 0 aliphatic heterocycles. The quantitative estimate of drug-likeness (QED) is 0.0533. The maximum absolute atomic E-state index is 13.0. The van der Waals surface area contributed by atoms with Crippen LogP contribution in [0, 0.1) is 0 Å². The Balaban J connectivity index is 0.000000366. The first-order valence-electron chi connectivity index (χ1n) is 22.5. The number of carboxylic acid groups (broad SMARTS) is 3. The maximum Gasteiger partial charge on any atom is 0.336 e. The lowest BCUT2D eigenvalue weighted by Gasteiger charge is -2.26. The molecule has 0 unspecified atom stereocenters. The number of amides is 3. The summed E-state index contributed by atoms with van der Waals surface area (Å²) in [6.07, 6.45) is 0. The first-order valence-corrected chi connectivity index (χ1v) is 22.5. The molecule has 14 nitrogen and oxygen atoms in total. The lowest BCUT2D eigenvalue weighted by Crippen LogP contribution is -2.18. The molecule has 0 heterocycles. The van der Waals surface area contributed by atoms with Gasteiger partial charge in [-0.2, -0.15) is 0 Å². The van der Waals surface area contributed by atoms with Crippen molar-refractivity contribution in [3.63, 3.8) is 0 Å². The van der Waals surface area contributed by atoms with Crippen molar-refractivity contribution < 1.29 is 53.6 Å². The Morgan fingerprint density at radius 2 is 0.806 bits per heavy atom. The number of carboxylic acids is 3. The SMILES string of the molecule is C.CC(C)c1cccc(NC(=O)c2ccc(Oc3ccc(C(C)(C)c4ccc(Oc5ccc(C(N)=O)c(C(=O)O)c5)cc4)cc3)cc2C(=O)O)c1.CC(C)c1cccc(NC(=O)c2ccccc2C(=O)O)c1. The third kappa shape index (κ3) is 13.4. The fraction of sp³-hybridized carbons (Fsp3) is 0.172. The Morgan fingerprint density at radius 3 is 1.19 bits per heavy atom. The van der Waals surface area contributed by atoms with Crippen LogP contribution in [0.1, 0.15) is 145 Å². The van der Waals surface area contributed by atoms with E-state index in [1.54, 1.807) is 54.6 Å². The van der Waals surface area contributed by atoms with Crippen LogP contribution in [0.5, 0.6) is 23.0 Å². The highest BCUT2D eigenvalue weighted by molar-refractivity contribution is 6.11. The second-order valence-electron chi connectivity index (χ2n) is 17.6. The number of aromatic carboxylic acids is 3. The fourth-order valence-electron chi connectivity index (χ4n) is 7.47. The van der Waals surface area contributed by atoms with Gasteiger partial charge in [0, 0.05) is 16.8 Å². The molecule has 7 rings (SSSR count). The minimum atomic E-state index is -1.29. The maximum atomic E-state index is 13.0. The number of rotatable bonds is 16. The number of anilines is 2. The Bertz CT molecular complexity index is 3120. The molecule has 0 aliphatic carbocycles. The predicted molar refractivity (Wildman–Crippen MR) is 278 cm³/mol. The number of carbonyl (C=O) groups excluding carboxylic acids is 3. The minimum Gasteiger partial charge on any atom is -0.478 e. The van der Waals surface area contributed by atoms with Gasteiger partial charge in [-0.25, -0.2) is 14.4 Å². The molecule has 14 heteroatoms. The lowest BCUT2D eigenvalue weighted by atomic mass is 9.78. The summed E-state index contributed by atoms with van der Waals surface area (Å²) in [4.78, 5) is 71.7. The topological polar surface area (TPSA) is 232 Å². The van der Waals surface area contributed by atoms with Gasteiger partial charge in [-0.05, 0) is 131 Å². The summed E-state index contributed by atoms with van der Waals surface area (Å²) in [5, 5.41) is 34.0. The van der Waals surface area contributed by atoms with Crippen molar-refractivity contribution in [1.82, 2.24) is 0 Å². The van der Waals surface area contributed by atoms with Gasteiger partial charge in [-0.15, -0.1) is 0 Å². The molecule has 7 N–H and O–H groups in total. The summed E-state index contributed by atoms with van der Waals surface area (Å²) >= 11 is 0. The highest BCUT2D eigenvalue weighted by Gasteiger charge is 2.24. The van der Waals surface area contributed by atoms with Crippen LogP contribution < -0.4 is 25.8 Å². The molecule has 0 atom stereocenters. The van der Waals surface area contributed by atoms with Gasteiger partial charge in [0.1, 0.15) is 23.0 Å². The molecule has 72 heavy (non-hydrogen) atoms. The number of primary amides is 1. The van der Waals surface area contributed by atoms with E-state index in [0.717, 1.165) is 22.3 Å². The molecule has 0 saturated carbocycles. The van der Waals surface area contributed by atoms with Crippen LogP contribution in [0.25, 0.3) is 0 Å². The van der Waals surface area contributed by atoms with Crippen molar-refractivity contribution >= 4 is 47.0 Å². The number of carbonyl (C=O) groups is 6. The number of nitrogens with two attached hydrogens (primary N) is 1. The van der Waals surface area contributed by atoms with Gasteiger partial charge in [0.25, 0.3) is 11.8 Å². The molecule has 0 fully saturated rings. The summed E-state index contributed by atoms with van der Waals surface area (Å²) in [5.74, 6) is -3.36. The van der Waals surface area contributed by atoms with Crippen molar-refractivity contribution in [2.75, 3.05) is 10.6 Å². The molecule has 0 spiro atoms. The van der Waals surface area contributed by atoms with E-state index in [4.69, 9.17) is 20.3 Å². The van der Waals surface area contributed by atoms with E-state index in [0.29, 0.717) is 28.8 Å². The second kappa shape index (κ2) is 23.5. The molecule has 0 saturated heterocycles. The number of ether oxygens (including phenoxy) is 2. The Hall–Kier alpha value is -9.04. The molecule has 3 amide bonds. The summed E-state index contributed by atoms with van der Waals surface area (Å²) in [6, 6.07) is 44.3. The highest BCUT2D eigenvalue weighted by Crippen LogP contribution is 2.35. The van der Waals surface area contributed by atoms with Crippen molar-refractivity contribution in [2.45, 2.75) is 66.2 Å². The van der Waals surface area contributed by atoms with Crippen LogP contribution in [-0.4, -0.2) is 50.9 Å². The Labute approximate surface area is 418 Å². The number of hydrogen-bond acceptors (Lipinski definition) is 8. The molecule has 370 valence electrons. The molecule has 7 aromatic carbocycles. The summed E-state index contributed by atoms with van der Waals surface area (Å²) in [5.41, 5.74) is 9.82. The first-order chi connectivity index (χ1) is 33.7.